The van der Waals surface area contributed by atoms with E-state index in [2.05, 4.69) is 5.32 Å². The van der Waals surface area contributed by atoms with Crippen LogP contribution >= 0.6 is 0 Å². The quantitative estimate of drug-likeness (QED) is 0.275. The number of nitrogens with one attached hydrogen (secondary N) is 1. The van der Waals surface area contributed by atoms with Gasteiger partial charge in [0.1, 0.15) is 7.85 Å². The lowest BCUT2D eigenvalue weighted by Gasteiger charge is -1.48. The fourth-order valence-electron chi connectivity index (χ4n) is 0.112. The van der Waals surface area contributed by atoms with Crippen molar-refractivity contribution in [2.75, 3.05) is 0 Å². The summed E-state index contributed by atoms with van der Waals surface area (Å²) < 4.78 is 0. The van der Waals surface area contributed by atoms with Crippen LogP contribution in [0.2, 0.25) is 0 Å². The average Bonchev–Trinajstić information content (AvgIpc) is 1.79. The molecule has 1 heterocycles. The van der Waals surface area contributed by atoms with Gasteiger partial charge in [0.25, 0.3) is 0 Å². The van der Waals surface area contributed by atoms with Crippen LogP contribution in [0, 0.1) is 0 Å². The molecule has 1 aliphatic heterocycles. The molecule has 1 fully saturated rings. The second-order valence-electron chi connectivity index (χ2n) is 0.986. The molecule has 1 unspecified atom stereocenters. The first kappa shape index (κ1) is 2.76. The Bertz CT molecular complexity index is 72.0. The van der Waals surface area contributed by atoms with Crippen molar-refractivity contribution in [1.82, 2.24) is 5.32 Å². The van der Waals surface area contributed by atoms with Crippen LogP contribution in [0.4, 0.5) is 0 Å². The van der Waals surface area contributed by atoms with Gasteiger partial charge in [-0.3, -0.25) is 4.79 Å². The van der Waals surface area contributed by atoms with E-state index in [9.17, 15) is 4.79 Å². The highest BCUT2D eigenvalue weighted by Gasteiger charge is 2.25. The first-order valence-corrected chi connectivity index (χ1v) is 1.36. The second kappa shape index (κ2) is 0.532. The maximum absolute atomic E-state index is 9.65. The Balaban J connectivity index is 2.47. The number of hydrogen-bond donors (Lipinski definition) is 1. The maximum atomic E-state index is 9.65. The lowest BCUT2D eigenvalue weighted by atomic mass is 10.1. The first-order valence-electron chi connectivity index (χ1n) is 1.36. The van der Waals surface area contributed by atoms with Crippen LogP contribution in [0.25, 0.3) is 0 Å². The average molecular weight is 66.9 g/mol. The third-order valence-electron chi connectivity index (χ3n) is 0.497. The Morgan fingerprint density at radius 2 is 2.20 bits per heavy atom. The van der Waals surface area contributed by atoms with Crippen LogP contribution in [0.1, 0.15) is 0 Å². The molecule has 0 bridgehead atoms. The number of amides is 1. The molecule has 1 N–H and O–H groups in total. The van der Waals surface area contributed by atoms with E-state index in [1.807, 2.05) is 0 Å². The Kier molecular flexibility index (Phi) is 0.293. The minimum atomic E-state index is -0.338. The summed E-state index contributed by atoms with van der Waals surface area (Å²) in [4.78, 5) is 9.65. The molecule has 0 aromatic rings. The van der Waals surface area contributed by atoms with Crippen LogP contribution in [0.5, 0.6) is 0 Å². The van der Waals surface area contributed by atoms with Gasteiger partial charge in [0.2, 0.25) is 5.91 Å². The Morgan fingerprint density at radius 1 is 2.00 bits per heavy atom. The molecule has 5 heavy (non-hydrogen) atoms. The summed E-state index contributed by atoms with van der Waals surface area (Å²) in [5.74, 6) is -0.389. The molecule has 24 valence electrons. The largest absolute Gasteiger partial charge is 0.352 e. The van der Waals surface area contributed by atoms with Gasteiger partial charge in [-0.05, 0) is 0 Å². The Labute approximate surface area is 31.0 Å². The maximum Gasteiger partial charge on any atom is 0.232 e. The van der Waals surface area contributed by atoms with Gasteiger partial charge in [-0.2, -0.15) is 0 Å². The molecule has 0 aromatic heterocycles. The van der Waals surface area contributed by atoms with E-state index in [1.165, 1.54) is 0 Å². The van der Waals surface area contributed by atoms with Crippen molar-refractivity contribution in [1.29, 1.82) is 0 Å². The van der Waals surface area contributed by atoms with E-state index in [4.69, 9.17) is 7.85 Å². The summed E-state index contributed by atoms with van der Waals surface area (Å²) in [6.07, 6.45) is 0. The summed E-state index contributed by atoms with van der Waals surface area (Å²) in [7, 11) is 4.91. The molecule has 0 aliphatic carbocycles. The summed E-state index contributed by atoms with van der Waals surface area (Å²) in [6, 6.07) is 0. The zero-order valence-corrected chi connectivity index (χ0v) is 2.56. The van der Waals surface area contributed by atoms with Gasteiger partial charge in [0, 0.05) is 0 Å². The number of hydrogen-bond acceptors (Lipinski definition) is 1. The minimum Gasteiger partial charge on any atom is -0.352 e. The standard InChI is InChI=1S/C2H2BNO/c3-1-2(5)4-1/h1H,(H,4,5). The molecule has 1 atom stereocenters. The highest BCUT2D eigenvalue weighted by molar-refractivity contribution is 6.32. The predicted molar refractivity (Wildman–Crippen MR) is 17.7 cm³/mol. The molecule has 1 rings (SSSR count). The fraction of sp³-hybridized carbons (Fsp3) is 0.500. The summed E-state index contributed by atoms with van der Waals surface area (Å²) in [5.41, 5.74) is 0. The molecule has 1 amide bonds. The third kappa shape index (κ3) is 0.272. The molecular weight excluding hydrogens is 64.8 g/mol. The lowest BCUT2D eigenvalue weighted by Crippen LogP contribution is -1.82. The molecule has 0 aromatic carbocycles. The normalized spacial score (nSPS) is 32.8. The summed E-state index contributed by atoms with van der Waals surface area (Å²) in [5, 5.41) is 2.33. The molecule has 0 saturated carbocycles. The van der Waals surface area contributed by atoms with Gasteiger partial charge in [0.15, 0.2) is 0 Å². The smallest absolute Gasteiger partial charge is 0.232 e. The van der Waals surface area contributed by atoms with Crippen molar-refractivity contribution in [3.05, 3.63) is 0 Å². The predicted octanol–water partition coefficient (Wildman–Crippen LogP) is -1.39. The van der Waals surface area contributed by atoms with Crippen LogP contribution in [0.15, 0.2) is 0 Å². The Morgan fingerprint density at radius 3 is 2.20 bits per heavy atom. The van der Waals surface area contributed by atoms with Gasteiger partial charge < -0.3 is 5.32 Å². The zero-order valence-electron chi connectivity index (χ0n) is 2.56. The number of rotatable bonds is 0. The fourth-order valence-corrected chi connectivity index (χ4v) is 0.112. The highest BCUT2D eigenvalue weighted by Crippen LogP contribution is 1.88. The number of carbonyl (C=O) groups is 1. The van der Waals surface area contributed by atoms with Crippen LogP contribution < -0.4 is 5.32 Å². The molecule has 3 heteroatoms. The van der Waals surface area contributed by atoms with Crippen molar-refractivity contribution in [2.24, 2.45) is 0 Å². The summed E-state index contributed by atoms with van der Waals surface area (Å²) >= 11 is 0. The monoisotopic (exact) mass is 67.0 g/mol. The SMILES string of the molecule is [B]C1NC1=O. The van der Waals surface area contributed by atoms with Crippen LogP contribution in [0.3, 0.4) is 0 Å². The molecule has 1 aliphatic rings. The van der Waals surface area contributed by atoms with Gasteiger partial charge in [-0.15, -0.1) is 0 Å². The molecular formula is C2H2BNO. The van der Waals surface area contributed by atoms with Gasteiger partial charge in [-0.25, -0.2) is 0 Å². The van der Waals surface area contributed by atoms with Crippen LogP contribution in [-0.2, 0) is 4.79 Å². The van der Waals surface area contributed by atoms with Crippen molar-refractivity contribution < 1.29 is 4.79 Å². The highest BCUT2D eigenvalue weighted by atomic mass is 16.2. The number of carbonyl (C=O) groups excluding carboxylic acids is 1. The van der Waals surface area contributed by atoms with Gasteiger partial charge in [-0.1, -0.05) is 0 Å². The van der Waals surface area contributed by atoms with E-state index in [0.29, 0.717) is 0 Å². The van der Waals surface area contributed by atoms with E-state index in [1.54, 1.807) is 0 Å². The van der Waals surface area contributed by atoms with E-state index < -0.39 is 0 Å². The minimum absolute atomic E-state index is 0.0509. The zero-order chi connectivity index (χ0) is 3.86. The van der Waals surface area contributed by atoms with E-state index in [-0.39, 0.29) is 11.8 Å². The van der Waals surface area contributed by atoms with Gasteiger partial charge in [0.05, 0.1) is 5.94 Å². The van der Waals surface area contributed by atoms with Gasteiger partial charge >= 0.3 is 0 Å². The van der Waals surface area contributed by atoms with Crippen molar-refractivity contribution >= 4 is 13.8 Å². The molecule has 0 spiro atoms. The molecule has 2 radical (unpaired) electrons. The lowest BCUT2D eigenvalue weighted by molar-refractivity contribution is -0.110. The third-order valence-corrected chi connectivity index (χ3v) is 0.497. The summed E-state index contributed by atoms with van der Waals surface area (Å²) in [6.45, 7) is 0. The van der Waals surface area contributed by atoms with Crippen molar-refractivity contribution in [2.45, 2.75) is 5.94 Å². The van der Waals surface area contributed by atoms with Crippen molar-refractivity contribution in [3.8, 4) is 0 Å². The molecule has 1 saturated heterocycles. The second-order valence-corrected chi connectivity index (χ2v) is 0.986. The Hall–Kier alpha value is -0.465. The van der Waals surface area contributed by atoms with E-state index in [0.717, 1.165) is 0 Å². The molecule has 2 nitrogen and oxygen atoms in total. The van der Waals surface area contributed by atoms with Crippen LogP contribution in [-0.4, -0.2) is 19.7 Å². The topological polar surface area (TPSA) is 39.0 Å². The van der Waals surface area contributed by atoms with E-state index >= 15 is 0 Å². The first-order chi connectivity index (χ1) is 2.30. The van der Waals surface area contributed by atoms with Crippen molar-refractivity contribution in [3.63, 3.8) is 0 Å².